The lowest BCUT2D eigenvalue weighted by atomic mass is 10.1. The average molecular weight is 271 g/mol. The van der Waals surface area contributed by atoms with Gasteiger partial charge in [-0.05, 0) is 30.9 Å². The molecule has 0 amide bonds. The number of nitrogens with zero attached hydrogens (tertiary/aromatic N) is 1. The molecular formula is C17H21NO2. The molecule has 0 saturated carbocycles. The SMILES string of the molecule is CCCCn1ccc(C(=O)O)c1CCc1ccccc1. The van der Waals surface area contributed by atoms with Crippen LogP contribution < -0.4 is 0 Å². The van der Waals surface area contributed by atoms with Gasteiger partial charge in [0.25, 0.3) is 0 Å². The second-order valence-electron chi connectivity index (χ2n) is 5.01. The normalized spacial score (nSPS) is 10.7. The first-order chi connectivity index (χ1) is 9.72. The molecular weight excluding hydrogens is 250 g/mol. The Bertz CT molecular complexity index is 558. The predicted molar refractivity (Wildman–Crippen MR) is 80.1 cm³/mol. The number of rotatable bonds is 7. The molecule has 0 unspecified atom stereocenters. The lowest BCUT2D eigenvalue weighted by Crippen LogP contribution is -2.08. The van der Waals surface area contributed by atoms with Gasteiger partial charge in [0, 0.05) is 18.4 Å². The highest BCUT2D eigenvalue weighted by Gasteiger charge is 2.14. The number of aryl methyl sites for hydroxylation is 2. The molecule has 1 aromatic heterocycles. The lowest BCUT2D eigenvalue weighted by Gasteiger charge is -2.10. The molecule has 106 valence electrons. The molecule has 2 rings (SSSR count). The van der Waals surface area contributed by atoms with Gasteiger partial charge in [0.15, 0.2) is 0 Å². The minimum atomic E-state index is -0.830. The first-order valence-corrected chi connectivity index (χ1v) is 7.17. The minimum absolute atomic E-state index is 0.442. The molecule has 0 atom stereocenters. The van der Waals surface area contributed by atoms with E-state index in [-0.39, 0.29) is 0 Å². The summed E-state index contributed by atoms with van der Waals surface area (Å²) in [6, 6.07) is 11.9. The molecule has 0 spiro atoms. The Morgan fingerprint density at radius 2 is 1.90 bits per heavy atom. The van der Waals surface area contributed by atoms with Crippen LogP contribution in [-0.2, 0) is 19.4 Å². The standard InChI is InChI=1S/C17H21NO2/c1-2-3-12-18-13-11-15(17(19)20)16(18)10-9-14-7-5-4-6-8-14/h4-8,11,13H,2-3,9-10,12H2,1H3,(H,19,20). The van der Waals surface area contributed by atoms with Crippen LogP contribution >= 0.6 is 0 Å². The van der Waals surface area contributed by atoms with Crippen molar-refractivity contribution in [3.8, 4) is 0 Å². The molecule has 1 heterocycles. The smallest absolute Gasteiger partial charge is 0.337 e. The van der Waals surface area contributed by atoms with E-state index in [0.717, 1.165) is 37.9 Å². The summed E-state index contributed by atoms with van der Waals surface area (Å²) in [7, 11) is 0. The van der Waals surface area contributed by atoms with Gasteiger partial charge in [0.1, 0.15) is 0 Å². The summed E-state index contributed by atoms with van der Waals surface area (Å²) in [4.78, 5) is 11.3. The zero-order chi connectivity index (χ0) is 14.4. The number of carboxylic acid groups (broad SMARTS) is 1. The van der Waals surface area contributed by atoms with Crippen LogP contribution in [0, 0.1) is 0 Å². The molecule has 1 N–H and O–H groups in total. The summed E-state index contributed by atoms with van der Waals surface area (Å²) >= 11 is 0. The summed E-state index contributed by atoms with van der Waals surface area (Å²) in [5.74, 6) is -0.830. The second-order valence-corrected chi connectivity index (χ2v) is 5.01. The Labute approximate surface area is 119 Å². The topological polar surface area (TPSA) is 42.2 Å². The van der Waals surface area contributed by atoms with Gasteiger partial charge in [0.2, 0.25) is 0 Å². The molecule has 0 bridgehead atoms. The molecule has 3 heteroatoms. The summed E-state index contributed by atoms with van der Waals surface area (Å²) in [5, 5.41) is 9.29. The fraction of sp³-hybridized carbons (Fsp3) is 0.353. The molecule has 0 aliphatic heterocycles. The molecule has 2 aromatic rings. The van der Waals surface area contributed by atoms with E-state index in [1.807, 2.05) is 24.4 Å². The van der Waals surface area contributed by atoms with Crippen LogP contribution in [-0.4, -0.2) is 15.6 Å². The van der Waals surface area contributed by atoms with Gasteiger partial charge in [-0.25, -0.2) is 4.79 Å². The van der Waals surface area contributed by atoms with Crippen molar-refractivity contribution in [3.05, 3.63) is 59.4 Å². The van der Waals surface area contributed by atoms with Crippen LogP contribution in [0.3, 0.4) is 0 Å². The molecule has 20 heavy (non-hydrogen) atoms. The highest BCUT2D eigenvalue weighted by atomic mass is 16.4. The minimum Gasteiger partial charge on any atom is -0.478 e. The van der Waals surface area contributed by atoms with E-state index in [0.29, 0.717) is 5.56 Å². The van der Waals surface area contributed by atoms with Crippen LogP contribution in [0.5, 0.6) is 0 Å². The third-order valence-corrected chi connectivity index (χ3v) is 3.56. The number of carbonyl (C=O) groups is 1. The van der Waals surface area contributed by atoms with Gasteiger partial charge in [0.05, 0.1) is 5.56 Å². The van der Waals surface area contributed by atoms with E-state index < -0.39 is 5.97 Å². The monoisotopic (exact) mass is 271 g/mol. The highest BCUT2D eigenvalue weighted by Crippen LogP contribution is 2.16. The third kappa shape index (κ3) is 3.50. The number of benzene rings is 1. The van der Waals surface area contributed by atoms with Gasteiger partial charge in [-0.1, -0.05) is 43.7 Å². The number of aromatic carboxylic acids is 1. The van der Waals surface area contributed by atoms with Crippen LogP contribution in [0.15, 0.2) is 42.6 Å². The number of unbranched alkanes of at least 4 members (excludes halogenated alkanes) is 1. The molecule has 0 aliphatic rings. The van der Waals surface area contributed by atoms with E-state index in [9.17, 15) is 9.90 Å². The van der Waals surface area contributed by atoms with Crippen molar-refractivity contribution >= 4 is 5.97 Å². The van der Waals surface area contributed by atoms with E-state index in [1.54, 1.807) is 6.07 Å². The van der Waals surface area contributed by atoms with Crippen molar-refractivity contribution in [1.29, 1.82) is 0 Å². The lowest BCUT2D eigenvalue weighted by molar-refractivity contribution is 0.0695. The molecule has 0 fully saturated rings. The van der Waals surface area contributed by atoms with E-state index in [2.05, 4.69) is 23.6 Å². The fourth-order valence-corrected chi connectivity index (χ4v) is 2.42. The van der Waals surface area contributed by atoms with Crippen molar-refractivity contribution in [2.75, 3.05) is 0 Å². The largest absolute Gasteiger partial charge is 0.478 e. The summed E-state index contributed by atoms with van der Waals surface area (Å²) in [5.41, 5.74) is 2.62. The summed E-state index contributed by atoms with van der Waals surface area (Å²) in [6.07, 6.45) is 5.73. The highest BCUT2D eigenvalue weighted by molar-refractivity contribution is 5.89. The zero-order valence-electron chi connectivity index (χ0n) is 11.9. The van der Waals surface area contributed by atoms with Gasteiger partial charge in [-0.2, -0.15) is 0 Å². The first kappa shape index (κ1) is 14.4. The molecule has 0 saturated heterocycles. The first-order valence-electron chi connectivity index (χ1n) is 7.17. The van der Waals surface area contributed by atoms with Crippen molar-refractivity contribution in [3.63, 3.8) is 0 Å². The zero-order valence-corrected chi connectivity index (χ0v) is 11.9. The Kier molecular flexibility index (Phi) is 4.99. The van der Waals surface area contributed by atoms with Crippen LogP contribution in [0.2, 0.25) is 0 Å². The van der Waals surface area contributed by atoms with Crippen molar-refractivity contribution in [2.24, 2.45) is 0 Å². The third-order valence-electron chi connectivity index (χ3n) is 3.56. The number of aromatic nitrogens is 1. The second kappa shape index (κ2) is 6.94. The molecule has 0 radical (unpaired) electrons. The number of carboxylic acids is 1. The van der Waals surface area contributed by atoms with Gasteiger partial charge in [-0.3, -0.25) is 0 Å². The van der Waals surface area contributed by atoms with Crippen molar-refractivity contribution < 1.29 is 9.90 Å². The van der Waals surface area contributed by atoms with Crippen LogP contribution in [0.1, 0.15) is 41.4 Å². The molecule has 0 aliphatic carbocycles. The number of hydrogen-bond donors (Lipinski definition) is 1. The van der Waals surface area contributed by atoms with Crippen LogP contribution in [0.4, 0.5) is 0 Å². The van der Waals surface area contributed by atoms with Crippen molar-refractivity contribution in [2.45, 2.75) is 39.2 Å². The maximum atomic E-state index is 11.3. The fourth-order valence-electron chi connectivity index (χ4n) is 2.42. The Morgan fingerprint density at radius 3 is 2.55 bits per heavy atom. The summed E-state index contributed by atoms with van der Waals surface area (Å²) in [6.45, 7) is 3.04. The maximum absolute atomic E-state index is 11.3. The van der Waals surface area contributed by atoms with Crippen molar-refractivity contribution in [1.82, 2.24) is 4.57 Å². The van der Waals surface area contributed by atoms with E-state index in [1.165, 1.54) is 5.56 Å². The number of hydrogen-bond acceptors (Lipinski definition) is 1. The summed E-state index contributed by atoms with van der Waals surface area (Å²) < 4.78 is 2.09. The van der Waals surface area contributed by atoms with Gasteiger partial charge in [-0.15, -0.1) is 0 Å². The molecule has 1 aromatic carbocycles. The quantitative estimate of drug-likeness (QED) is 0.833. The Morgan fingerprint density at radius 1 is 1.15 bits per heavy atom. The average Bonchev–Trinajstić information content (AvgIpc) is 2.87. The Hall–Kier alpha value is -2.03. The van der Waals surface area contributed by atoms with E-state index in [4.69, 9.17) is 0 Å². The molecule has 3 nitrogen and oxygen atoms in total. The van der Waals surface area contributed by atoms with E-state index >= 15 is 0 Å². The Balaban J connectivity index is 2.15. The van der Waals surface area contributed by atoms with Gasteiger partial charge >= 0.3 is 5.97 Å². The maximum Gasteiger partial charge on any atom is 0.337 e. The van der Waals surface area contributed by atoms with Crippen LogP contribution in [0.25, 0.3) is 0 Å². The van der Waals surface area contributed by atoms with Gasteiger partial charge < -0.3 is 9.67 Å². The predicted octanol–water partition coefficient (Wildman–Crippen LogP) is 3.77.